The first-order chi connectivity index (χ1) is 9.38. The number of hydrogen-bond acceptors (Lipinski definition) is 4. The molecular formula is C12H17N3O4S. The van der Waals surface area contributed by atoms with Crippen LogP contribution in [0, 0.1) is 0 Å². The lowest BCUT2D eigenvalue weighted by molar-refractivity contribution is 0.189. The van der Waals surface area contributed by atoms with E-state index in [1.165, 1.54) is 29.2 Å². The maximum atomic E-state index is 12.0. The summed E-state index contributed by atoms with van der Waals surface area (Å²) in [6.45, 7) is 1.17. The SMILES string of the molecule is CN(C(=O)NC1CCOC1)c1ccc(S(N)(=O)=O)cc1. The lowest BCUT2D eigenvalue weighted by atomic mass is 10.2. The highest BCUT2D eigenvalue weighted by Gasteiger charge is 2.20. The summed E-state index contributed by atoms with van der Waals surface area (Å²) >= 11 is 0. The first-order valence-corrected chi connectivity index (χ1v) is 7.67. The van der Waals surface area contributed by atoms with Crippen LogP contribution in [-0.4, -0.2) is 40.8 Å². The van der Waals surface area contributed by atoms with Crippen molar-refractivity contribution in [2.75, 3.05) is 25.2 Å². The Labute approximate surface area is 117 Å². The molecule has 0 bridgehead atoms. The van der Waals surface area contributed by atoms with E-state index in [4.69, 9.17) is 9.88 Å². The van der Waals surface area contributed by atoms with E-state index in [1.54, 1.807) is 7.05 Å². The van der Waals surface area contributed by atoms with Crippen LogP contribution in [0.2, 0.25) is 0 Å². The van der Waals surface area contributed by atoms with Crippen LogP contribution in [0.25, 0.3) is 0 Å². The minimum atomic E-state index is -3.72. The topological polar surface area (TPSA) is 102 Å². The summed E-state index contributed by atoms with van der Waals surface area (Å²) in [6, 6.07) is 5.56. The van der Waals surface area contributed by atoms with E-state index < -0.39 is 10.0 Å². The number of urea groups is 1. The zero-order chi connectivity index (χ0) is 14.8. The maximum Gasteiger partial charge on any atom is 0.321 e. The molecule has 3 N–H and O–H groups in total. The largest absolute Gasteiger partial charge is 0.379 e. The number of anilines is 1. The van der Waals surface area contributed by atoms with Crippen molar-refractivity contribution in [2.24, 2.45) is 5.14 Å². The highest BCUT2D eigenvalue weighted by molar-refractivity contribution is 7.89. The first-order valence-electron chi connectivity index (χ1n) is 6.13. The summed E-state index contributed by atoms with van der Waals surface area (Å²) in [6.07, 6.45) is 0.796. The van der Waals surface area contributed by atoms with Crippen LogP contribution >= 0.6 is 0 Å². The van der Waals surface area contributed by atoms with E-state index in [9.17, 15) is 13.2 Å². The number of ether oxygens (including phenoxy) is 1. The van der Waals surface area contributed by atoms with Crippen LogP contribution in [0.4, 0.5) is 10.5 Å². The molecule has 0 aliphatic carbocycles. The molecule has 0 radical (unpaired) electrons. The van der Waals surface area contributed by atoms with E-state index >= 15 is 0 Å². The summed E-state index contributed by atoms with van der Waals surface area (Å²) in [5, 5.41) is 7.86. The van der Waals surface area contributed by atoms with Crippen LogP contribution < -0.4 is 15.4 Å². The van der Waals surface area contributed by atoms with Crippen molar-refractivity contribution in [1.29, 1.82) is 0 Å². The fourth-order valence-corrected chi connectivity index (χ4v) is 2.41. The van der Waals surface area contributed by atoms with Gasteiger partial charge < -0.3 is 10.1 Å². The predicted octanol–water partition coefficient (Wildman–Crippen LogP) is 0.269. The number of benzene rings is 1. The maximum absolute atomic E-state index is 12.0. The summed E-state index contributed by atoms with van der Waals surface area (Å²) in [7, 11) is -2.11. The molecule has 1 aromatic carbocycles. The third-order valence-corrected chi connectivity index (χ3v) is 4.04. The van der Waals surface area contributed by atoms with Gasteiger partial charge in [0.25, 0.3) is 0 Å². The average molecular weight is 299 g/mol. The number of amides is 2. The Morgan fingerprint density at radius 3 is 2.55 bits per heavy atom. The van der Waals surface area contributed by atoms with Crippen molar-refractivity contribution < 1.29 is 17.9 Å². The molecule has 7 nitrogen and oxygen atoms in total. The fraction of sp³-hybridized carbons (Fsp3) is 0.417. The number of nitrogens with zero attached hydrogens (tertiary/aromatic N) is 1. The van der Waals surface area contributed by atoms with E-state index in [0.29, 0.717) is 18.9 Å². The molecule has 0 spiro atoms. The standard InChI is InChI=1S/C12H17N3O4S/c1-15(12(16)14-9-6-7-19-8-9)10-2-4-11(5-3-10)20(13,17)18/h2-5,9H,6-8H2,1H3,(H,14,16)(H2,13,17,18). The second kappa shape index (κ2) is 5.78. The van der Waals surface area contributed by atoms with Gasteiger partial charge in [-0.25, -0.2) is 18.4 Å². The number of rotatable bonds is 3. The van der Waals surface area contributed by atoms with Gasteiger partial charge in [-0.3, -0.25) is 4.90 Å². The molecule has 0 saturated carbocycles. The van der Waals surface area contributed by atoms with Gasteiger partial charge in [-0.1, -0.05) is 0 Å². The average Bonchev–Trinajstić information content (AvgIpc) is 2.90. The van der Waals surface area contributed by atoms with Gasteiger partial charge >= 0.3 is 6.03 Å². The molecule has 1 heterocycles. The van der Waals surface area contributed by atoms with Crippen molar-refractivity contribution in [2.45, 2.75) is 17.4 Å². The van der Waals surface area contributed by atoms with Crippen molar-refractivity contribution in [3.8, 4) is 0 Å². The number of carbonyl (C=O) groups excluding carboxylic acids is 1. The Morgan fingerprint density at radius 2 is 2.05 bits per heavy atom. The van der Waals surface area contributed by atoms with Gasteiger partial charge in [-0.15, -0.1) is 0 Å². The third-order valence-electron chi connectivity index (χ3n) is 3.11. The molecular weight excluding hydrogens is 282 g/mol. The third kappa shape index (κ3) is 3.47. The quantitative estimate of drug-likeness (QED) is 0.836. The molecule has 1 aliphatic rings. The Balaban J connectivity index is 2.04. The zero-order valence-electron chi connectivity index (χ0n) is 11.1. The molecule has 1 saturated heterocycles. The summed E-state index contributed by atoms with van der Waals surface area (Å²) in [4.78, 5) is 13.4. The monoisotopic (exact) mass is 299 g/mol. The van der Waals surface area contributed by atoms with Gasteiger partial charge in [0.1, 0.15) is 0 Å². The second-order valence-electron chi connectivity index (χ2n) is 4.61. The molecule has 2 rings (SSSR count). The van der Waals surface area contributed by atoms with E-state index in [1.807, 2.05) is 0 Å². The Kier molecular flexibility index (Phi) is 4.26. The molecule has 1 aliphatic heterocycles. The molecule has 0 aromatic heterocycles. The molecule has 8 heteroatoms. The summed E-state index contributed by atoms with van der Waals surface area (Å²) < 4.78 is 27.5. The molecule has 110 valence electrons. The van der Waals surface area contributed by atoms with Crippen molar-refractivity contribution in [1.82, 2.24) is 5.32 Å². The highest BCUT2D eigenvalue weighted by atomic mass is 32.2. The minimum absolute atomic E-state index is 0.0132. The van der Waals surface area contributed by atoms with Gasteiger partial charge in [0, 0.05) is 19.3 Å². The summed E-state index contributed by atoms with van der Waals surface area (Å²) in [5.41, 5.74) is 0.578. The Morgan fingerprint density at radius 1 is 1.40 bits per heavy atom. The van der Waals surface area contributed by atoms with E-state index in [-0.39, 0.29) is 17.0 Å². The zero-order valence-corrected chi connectivity index (χ0v) is 11.9. The van der Waals surface area contributed by atoms with Crippen molar-refractivity contribution in [3.63, 3.8) is 0 Å². The van der Waals surface area contributed by atoms with Crippen LogP contribution in [0.5, 0.6) is 0 Å². The number of sulfonamides is 1. The van der Waals surface area contributed by atoms with E-state index in [0.717, 1.165) is 6.42 Å². The van der Waals surface area contributed by atoms with Gasteiger partial charge in [0.15, 0.2) is 0 Å². The highest BCUT2D eigenvalue weighted by Crippen LogP contribution is 2.16. The molecule has 2 amide bonds. The van der Waals surface area contributed by atoms with Gasteiger partial charge in [0.05, 0.1) is 17.5 Å². The molecule has 1 fully saturated rings. The van der Waals surface area contributed by atoms with Crippen LogP contribution in [-0.2, 0) is 14.8 Å². The number of nitrogens with one attached hydrogen (secondary N) is 1. The van der Waals surface area contributed by atoms with Crippen molar-refractivity contribution >= 4 is 21.7 Å². The molecule has 1 aromatic rings. The molecule has 1 atom stereocenters. The number of primary sulfonamides is 1. The lowest BCUT2D eigenvalue weighted by Crippen LogP contribution is -2.43. The Bertz CT molecular complexity index is 579. The van der Waals surface area contributed by atoms with Crippen LogP contribution in [0.3, 0.4) is 0 Å². The van der Waals surface area contributed by atoms with Gasteiger partial charge in [-0.2, -0.15) is 0 Å². The van der Waals surface area contributed by atoms with Gasteiger partial charge in [-0.05, 0) is 30.7 Å². The molecule has 20 heavy (non-hydrogen) atoms. The van der Waals surface area contributed by atoms with Gasteiger partial charge in [0.2, 0.25) is 10.0 Å². The number of hydrogen-bond donors (Lipinski definition) is 2. The second-order valence-corrected chi connectivity index (χ2v) is 6.17. The number of carbonyl (C=O) groups is 1. The van der Waals surface area contributed by atoms with Crippen LogP contribution in [0.1, 0.15) is 6.42 Å². The van der Waals surface area contributed by atoms with E-state index in [2.05, 4.69) is 5.32 Å². The smallest absolute Gasteiger partial charge is 0.321 e. The van der Waals surface area contributed by atoms with Crippen LogP contribution in [0.15, 0.2) is 29.2 Å². The molecule has 1 unspecified atom stereocenters. The first kappa shape index (κ1) is 14.8. The Hall–Kier alpha value is -1.64. The lowest BCUT2D eigenvalue weighted by Gasteiger charge is -2.20. The predicted molar refractivity (Wildman–Crippen MR) is 74.0 cm³/mol. The number of nitrogens with two attached hydrogens (primary N) is 1. The fourth-order valence-electron chi connectivity index (χ4n) is 1.90. The normalized spacial score (nSPS) is 18.8. The minimum Gasteiger partial charge on any atom is -0.379 e. The summed E-state index contributed by atoms with van der Waals surface area (Å²) in [5.74, 6) is 0. The van der Waals surface area contributed by atoms with Crippen molar-refractivity contribution in [3.05, 3.63) is 24.3 Å².